The van der Waals surface area contributed by atoms with Crippen molar-refractivity contribution in [3.8, 4) is 5.88 Å². The van der Waals surface area contributed by atoms with E-state index in [2.05, 4.69) is 41.0 Å². The average molecular weight is 266 g/mol. The predicted octanol–water partition coefficient (Wildman–Crippen LogP) is 2.33. The first-order valence-corrected chi connectivity index (χ1v) is 7.13. The SMILES string of the molecule is CCCNc1ncnc(OCCN(CC)CC)c1C. The maximum absolute atomic E-state index is 5.76. The molecule has 0 aliphatic rings. The normalized spacial score (nSPS) is 10.8. The molecule has 0 aliphatic carbocycles. The fraction of sp³-hybridized carbons (Fsp3) is 0.714. The molecule has 1 aromatic rings. The predicted molar refractivity (Wildman–Crippen MR) is 78.8 cm³/mol. The van der Waals surface area contributed by atoms with Crippen molar-refractivity contribution in [2.75, 3.05) is 38.1 Å². The lowest BCUT2D eigenvalue weighted by Crippen LogP contribution is -2.28. The van der Waals surface area contributed by atoms with Crippen molar-refractivity contribution < 1.29 is 4.74 Å². The van der Waals surface area contributed by atoms with Crippen LogP contribution in [0, 0.1) is 6.92 Å². The van der Waals surface area contributed by atoms with Crippen molar-refractivity contribution in [2.45, 2.75) is 34.1 Å². The van der Waals surface area contributed by atoms with Crippen molar-refractivity contribution >= 4 is 5.82 Å². The number of hydrogen-bond donors (Lipinski definition) is 1. The number of hydrogen-bond acceptors (Lipinski definition) is 5. The summed E-state index contributed by atoms with van der Waals surface area (Å²) in [6, 6.07) is 0. The van der Waals surface area contributed by atoms with Gasteiger partial charge in [-0.3, -0.25) is 0 Å². The second kappa shape index (κ2) is 8.69. The highest BCUT2D eigenvalue weighted by atomic mass is 16.5. The molecule has 0 aromatic carbocycles. The van der Waals surface area contributed by atoms with E-state index in [1.165, 1.54) is 0 Å². The molecule has 1 heterocycles. The minimum atomic E-state index is 0.659. The molecular weight excluding hydrogens is 240 g/mol. The fourth-order valence-electron chi connectivity index (χ4n) is 1.81. The first kappa shape index (κ1) is 15.7. The lowest BCUT2D eigenvalue weighted by molar-refractivity contribution is 0.217. The van der Waals surface area contributed by atoms with Gasteiger partial charge in [0, 0.05) is 13.1 Å². The summed E-state index contributed by atoms with van der Waals surface area (Å²) in [7, 11) is 0. The third kappa shape index (κ3) is 5.03. The Labute approximate surface area is 116 Å². The smallest absolute Gasteiger partial charge is 0.221 e. The fourth-order valence-corrected chi connectivity index (χ4v) is 1.81. The Morgan fingerprint density at radius 1 is 1.21 bits per heavy atom. The van der Waals surface area contributed by atoms with E-state index in [0.29, 0.717) is 12.5 Å². The van der Waals surface area contributed by atoms with Gasteiger partial charge >= 0.3 is 0 Å². The molecule has 1 aromatic heterocycles. The minimum absolute atomic E-state index is 0.659. The molecule has 0 saturated carbocycles. The van der Waals surface area contributed by atoms with E-state index in [-0.39, 0.29) is 0 Å². The van der Waals surface area contributed by atoms with Gasteiger partial charge in [-0.25, -0.2) is 9.97 Å². The van der Waals surface area contributed by atoms with E-state index < -0.39 is 0 Å². The number of ether oxygens (including phenoxy) is 1. The Hall–Kier alpha value is -1.36. The quantitative estimate of drug-likeness (QED) is 0.743. The first-order chi connectivity index (χ1) is 9.22. The maximum atomic E-state index is 5.76. The lowest BCUT2D eigenvalue weighted by Gasteiger charge is -2.18. The topological polar surface area (TPSA) is 50.3 Å². The molecule has 19 heavy (non-hydrogen) atoms. The summed E-state index contributed by atoms with van der Waals surface area (Å²) in [5, 5.41) is 3.28. The average Bonchev–Trinajstić information content (AvgIpc) is 2.44. The van der Waals surface area contributed by atoms with Crippen LogP contribution in [0.4, 0.5) is 5.82 Å². The Morgan fingerprint density at radius 2 is 1.95 bits per heavy atom. The minimum Gasteiger partial charge on any atom is -0.476 e. The molecule has 0 bridgehead atoms. The number of nitrogens with one attached hydrogen (secondary N) is 1. The molecule has 5 nitrogen and oxygen atoms in total. The van der Waals surface area contributed by atoms with Gasteiger partial charge in [0.25, 0.3) is 0 Å². The highest BCUT2D eigenvalue weighted by Crippen LogP contribution is 2.20. The van der Waals surface area contributed by atoms with Crippen molar-refractivity contribution in [3.63, 3.8) is 0 Å². The van der Waals surface area contributed by atoms with Gasteiger partial charge in [-0.1, -0.05) is 20.8 Å². The molecule has 0 spiro atoms. The second-order valence-corrected chi connectivity index (χ2v) is 4.45. The van der Waals surface area contributed by atoms with Gasteiger partial charge in [0.15, 0.2) is 0 Å². The van der Waals surface area contributed by atoms with Gasteiger partial charge in [0.05, 0.1) is 5.56 Å². The molecule has 108 valence electrons. The highest BCUT2D eigenvalue weighted by Gasteiger charge is 2.08. The monoisotopic (exact) mass is 266 g/mol. The van der Waals surface area contributed by atoms with Crippen molar-refractivity contribution in [1.29, 1.82) is 0 Å². The number of rotatable bonds is 9. The third-order valence-electron chi connectivity index (χ3n) is 3.12. The summed E-state index contributed by atoms with van der Waals surface area (Å²) in [5.74, 6) is 1.55. The van der Waals surface area contributed by atoms with Gasteiger partial charge in [0.2, 0.25) is 5.88 Å². The zero-order valence-corrected chi connectivity index (χ0v) is 12.6. The Balaban J connectivity index is 2.53. The summed E-state index contributed by atoms with van der Waals surface area (Å²) >= 11 is 0. The van der Waals surface area contributed by atoms with Crippen LogP contribution in [0.15, 0.2) is 6.33 Å². The van der Waals surface area contributed by atoms with Gasteiger partial charge < -0.3 is 15.0 Å². The molecule has 0 saturated heterocycles. The molecule has 0 atom stereocenters. The van der Waals surface area contributed by atoms with Crippen LogP contribution >= 0.6 is 0 Å². The van der Waals surface area contributed by atoms with Crippen molar-refractivity contribution in [2.24, 2.45) is 0 Å². The summed E-state index contributed by atoms with van der Waals surface area (Å²) in [5.41, 5.74) is 0.982. The molecule has 1 N–H and O–H groups in total. The van der Waals surface area contributed by atoms with Crippen LogP contribution in [-0.2, 0) is 0 Å². The maximum Gasteiger partial charge on any atom is 0.221 e. The summed E-state index contributed by atoms with van der Waals surface area (Å²) in [6.07, 6.45) is 2.62. The number of anilines is 1. The molecule has 0 aliphatic heterocycles. The zero-order chi connectivity index (χ0) is 14.1. The van der Waals surface area contributed by atoms with E-state index in [9.17, 15) is 0 Å². The summed E-state index contributed by atoms with van der Waals surface area (Å²) in [6.45, 7) is 13.0. The second-order valence-electron chi connectivity index (χ2n) is 4.45. The van der Waals surface area contributed by atoms with Crippen LogP contribution in [0.3, 0.4) is 0 Å². The summed E-state index contributed by atoms with van der Waals surface area (Å²) in [4.78, 5) is 10.8. The van der Waals surface area contributed by atoms with Gasteiger partial charge in [-0.15, -0.1) is 0 Å². The molecule has 5 heteroatoms. The highest BCUT2D eigenvalue weighted by molar-refractivity contribution is 5.47. The van der Waals surface area contributed by atoms with Gasteiger partial charge in [0.1, 0.15) is 18.8 Å². The Kier molecular flexibility index (Phi) is 7.18. The molecule has 1 rings (SSSR count). The lowest BCUT2D eigenvalue weighted by atomic mass is 10.3. The summed E-state index contributed by atoms with van der Waals surface area (Å²) < 4.78 is 5.76. The number of likely N-dealkylation sites (N-methyl/N-ethyl adjacent to an activating group) is 1. The molecule has 0 radical (unpaired) electrons. The Morgan fingerprint density at radius 3 is 2.58 bits per heavy atom. The number of aromatic nitrogens is 2. The largest absolute Gasteiger partial charge is 0.476 e. The van der Waals surface area contributed by atoms with E-state index in [0.717, 1.165) is 44.0 Å². The third-order valence-corrected chi connectivity index (χ3v) is 3.12. The van der Waals surface area contributed by atoms with Crippen LogP contribution in [-0.4, -0.2) is 47.7 Å². The van der Waals surface area contributed by atoms with Crippen LogP contribution < -0.4 is 10.1 Å². The van der Waals surface area contributed by atoms with Crippen LogP contribution in [0.5, 0.6) is 5.88 Å². The van der Waals surface area contributed by atoms with Crippen LogP contribution in [0.1, 0.15) is 32.8 Å². The first-order valence-electron chi connectivity index (χ1n) is 7.13. The zero-order valence-electron chi connectivity index (χ0n) is 12.6. The molecule has 0 fully saturated rings. The van der Waals surface area contributed by atoms with Crippen LogP contribution in [0.2, 0.25) is 0 Å². The molecule has 0 unspecified atom stereocenters. The van der Waals surface area contributed by atoms with Gasteiger partial charge in [-0.05, 0) is 26.4 Å². The van der Waals surface area contributed by atoms with E-state index in [1.807, 2.05) is 6.92 Å². The molecule has 0 amide bonds. The standard InChI is InChI=1S/C14H26N4O/c1-5-8-15-13-12(4)14(17-11-16-13)19-10-9-18(6-2)7-3/h11H,5-10H2,1-4H3,(H,15,16,17). The van der Waals surface area contributed by atoms with Gasteiger partial charge in [-0.2, -0.15) is 0 Å². The van der Waals surface area contributed by atoms with E-state index in [1.54, 1.807) is 6.33 Å². The van der Waals surface area contributed by atoms with E-state index in [4.69, 9.17) is 4.74 Å². The van der Waals surface area contributed by atoms with Crippen LogP contribution in [0.25, 0.3) is 0 Å². The van der Waals surface area contributed by atoms with Crippen molar-refractivity contribution in [3.05, 3.63) is 11.9 Å². The molecular formula is C14H26N4O. The number of nitrogens with zero attached hydrogens (tertiary/aromatic N) is 3. The van der Waals surface area contributed by atoms with Crippen molar-refractivity contribution in [1.82, 2.24) is 14.9 Å². The van der Waals surface area contributed by atoms with E-state index >= 15 is 0 Å². The Bertz CT molecular complexity index is 366.